The minimum Gasteiger partial charge on any atom is -0.508 e. The maximum atomic E-state index is 12.7. The lowest BCUT2D eigenvalue weighted by Crippen LogP contribution is -2.45. The van der Waals surface area contributed by atoms with Crippen molar-refractivity contribution in [1.82, 2.24) is 0 Å². The number of aliphatic hydroxyl groups is 1. The third-order valence-corrected chi connectivity index (χ3v) is 6.69. The van der Waals surface area contributed by atoms with Crippen molar-refractivity contribution in [1.29, 1.82) is 0 Å². The van der Waals surface area contributed by atoms with E-state index < -0.39 is 24.0 Å². The molecule has 5 atom stereocenters. The molecule has 28 heavy (non-hydrogen) atoms. The second-order valence-electron chi connectivity index (χ2n) is 8.87. The van der Waals surface area contributed by atoms with Crippen LogP contribution in [-0.4, -0.2) is 40.0 Å². The lowest BCUT2D eigenvalue weighted by Gasteiger charge is -2.39. The number of aliphatic hydroxyl groups excluding tert-OH is 1. The first-order chi connectivity index (χ1) is 13.1. The number of benzene rings is 1. The number of aromatic hydroxyl groups is 1. The Balaban J connectivity index is 1.89. The van der Waals surface area contributed by atoms with E-state index in [1.165, 1.54) is 24.3 Å². The van der Waals surface area contributed by atoms with E-state index in [2.05, 4.69) is 20.8 Å². The van der Waals surface area contributed by atoms with E-state index in [1.807, 2.05) is 0 Å². The molecule has 0 amide bonds. The number of ketones is 1. The summed E-state index contributed by atoms with van der Waals surface area (Å²) in [7, 11) is 0. The largest absolute Gasteiger partial charge is 0.508 e. The smallest absolute Gasteiger partial charge is 0.338 e. The Morgan fingerprint density at radius 3 is 2.46 bits per heavy atom. The zero-order valence-electron chi connectivity index (χ0n) is 17.0. The average Bonchev–Trinajstić information content (AvgIpc) is 3.08. The zero-order valence-corrected chi connectivity index (χ0v) is 17.0. The van der Waals surface area contributed by atoms with Crippen LogP contribution >= 0.6 is 0 Å². The van der Waals surface area contributed by atoms with Crippen molar-refractivity contribution in [3.8, 4) is 5.75 Å². The number of hydrogen-bond acceptors (Lipinski definition) is 6. The molecule has 0 spiro atoms. The summed E-state index contributed by atoms with van der Waals surface area (Å²) in [5.74, 6) is -0.445. The highest BCUT2D eigenvalue weighted by atomic mass is 16.7. The van der Waals surface area contributed by atoms with Crippen LogP contribution in [0.25, 0.3) is 0 Å². The van der Waals surface area contributed by atoms with Crippen molar-refractivity contribution in [3.63, 3.8) is 0 Å². The molecule has 154 valence electrons. The number of ether oxygens (including phenoxy) is 2. The Hall–Kier alpha value is -1.92. The van der Waals surface area contributed by atoms with Crippen molar-refractivity contribution in [3.05, 3.63) is 29.8 Å². The zero-order chi connectivity index (χ0) is 20.7. The highest BCUT2D eigenvalue weighted by molar-refractivity contribution is 5.89. The number of Topliss-reactive ketones (excluding diaryl/α,β-unsaturated/α-hetero) is 1. The Labute approximate surface area is 165 Å². The monoisotopic (exact) mass is 390 g/mol. The standard InChI is InChI=1S/C22H30O6/c1-13(2)22-12-11-21(4,10-9-14(3)23)18(22)17(20(26)28-22)27-19(25)15-5-7-16(24)8-6-15/h5-8,13,17-18,20,24,26H,9-12H2,1-4H3/t17?,18?,20-,21+,22-/m1/s1. The molecule has 0 radical (unpaired) electrons. The minimum absolute atomic E-state index is 0.0622. The number of fused-ring (bicyclic) bond motifs is 1. The van der Waals surface area contributed by atoms with Gasteiger partial charge in [0.1, 0.15) is 11.5 Å². The Bertz CT molecular complexity index is 742. The van der Waals surface area contributed by atoms with E-state index in [4.69, 9.17) is 9.47 Å². The fraction of sp³-hybridized carbons (Fsp3) is 0.636. The molecule has 1 aromatic carbocycles. The van der Waals surface area contributed by atoms with Crippen molar-refractivity contribution < 1.29 is 29.3 Å². The molecular formula is C22H30O6. The van der Waals surface area contributed by atoms with E-state index in [-0.39, 0.29) is 28.8 Å². The van der Waals surface area contributed by atoms with Crippen molar-refractivity contribution in [2.45, 2.75) is 71.4 Å². The van der Waals surface area contributed by atoms with Crippen molar-refractivity contribution in [2.75, 3.05) is 0 Å². The molecule has 1 heterocycles. The van der Waals surface area contributed by atoms with Gasteiger partial charge in [0.05, 0.1) is 11.2 Å². The molecule has 6 nitrogen and oxygen atoms in total. The molecule has 2 fully saturated rings. The van der Waals surface area contributed by atoms with Gasteiger partial charge in [-0.3, -0.25) is 0 Å². The molecular weight excluding hydrogens is 360 g/mol. The summed E-state index contributed by atoms with van der Waals surface area (Å²) >= 11 is 0. The van der Waals surface area contributed by atoms with Gasteiger partial charge in [0.2, 0.25) is 0 Å². The highest BCUT2D eigenvalue weighted by Gasteiger charge is 2.67. The van der Waals surface area contributed by atoms with Gasteiger partial charge in [-0.05, 0) is 61.8 Å². The molecule has 0 aromatic heterocycles. The van der Waals surface area contributed by atoms with E-state index in [0.29, 0.717) is 18.4 Å². The van der Waals surface area contributed by atoms with Crippen LogP contribution < -0.4 is 0 Å². The van der Waals surface area contributed by atoms with Crippen LogP contribution in [0.5, 0.6) is 5.75 Å². The van der Waals surface area contributed by atoms with E-state index in [9.17, 15) is 19.8 Å². The van der Waals surface area contributed by atoms with E-state index in [0.717, 1.165) is 12.8 Å². The second kappa shape index (κ2) is 7.48. The Morgan fingerprint density at radius 1 is 1.25 bits per heavy atom. The van der Waals surface area contributed by atoms with Gasteiger partial charge in [0.15, 0.2) is 12.4 Å². The van der Waals surface area contributed by atoms with Crippen LogP contribution in [-0.2, 0) is 14.3 Å². The minimum atomic E-state index is -1.20. The molecule has 1 saturated carbocycles. The van der Waals surface area contributed by atoms with Crippen LogP contribution in [0.15, 0.2) is 24.3 Å². The van der Waals surface area contributed by atoms with Crippen LogP contribution in [0.3, 0.4) is 0 Å². The molecule has 1 aromatic rings. The number of phenols is 1. The van der Waals surface area contributed by atoms with E-state index >= 15 is 0 Å². The number of carbonyl (C=O) groups is 2. The SMILES string of the molecule is CC(=O)CC[C@@]1(C)CC[C@]2(C(C)C)O[C@@H](O)C(OC(=O)c3ccc(O)cc3)C12. The molecule has 0 bridgehead atoms. The second-order valence-corrected chi connectivity index (χ2v) is 8.87. The summed E-state index contributed by atoms with van der Waals surface area (Å²) in [6.07, 6.45) is 0.728. The summed E-state index contributed by atoms with van der Waals surface area (Å²) in [6.45, 7) is 7.80. The summed E-state index contributed by atoms with van der Waals surface area (Å²) in [5, 5.41) is 20.1. The molecule has 2 N–H and O–H groups in total. The number of carbonyl (C=O) groups excluding carboxylic acids is 2. The van der Waals surface area contributed by atoms with Gasteiger partial charge in [0, 0.05) is 12.3 Å². The van der Waals surface area contributed by atoms with Gasteiger partial charge < -0.3 is 24.5 Å². The number of phenolic OH excluding ortho intramolecular Hbond substituents is 1. The fourth-order valence-electron chi connectivity index (χ4n) is 5.09. The summed E-state index contributed by atoms with van der Waals surface area (Å²) < 4.78 is 11.8. The highest BCUT2D eigenvalue weighted by Crippen LogP contribution is 2.62. The number of hydrogen-bond donors (Lipinski definition) is 2. The first-order valence-corrected chi connectivity index (χ1v) is 9.94. The van der Waals surface area contributed by atoms with Gasteiger partial charge in [-0.15, -0.1) is 0 Å². The first-order valence-electron chi connectivity index (χ1n) is 9.94. The molecule has 1 aliphatic carbocycles. The topological polar surface area (TPSA) is 93.1 Å². The van der Waals surface area contributed by atoms with Crippen molar-refractivity contribution in [2.24, 2.45) is 17.3 Å². The van der Waals surface area contributed by atoms with E-state index in [1.54, 1.807) is 6.92 Å². The third kappa shape index (κ3) is 3.55. The van der Waals surface area contributed by atoms with Gasteiger partial charge in [-0.2, -0.15) is 0 Å². The van der Waals surface area contributed by atoms with Crippen LogP contribution in [0.2, 0.25) is 0 Å². The lowest BCUT2D eigenvalue weighted by molar-refractivity contribution is -0.173. The predicted octanol–water partition coefficient (Wildman–Crippen LogP) is 3.45. The quantitative estimate of drug-likeness (QED) is 0.723. The fourth-order valence-corrected chi connectivity index (χ4v) is 5.09. The summed E-state index contributed by atoms with van der Waals surface area (Å²) in [4.78, 5) is 24.3. The van der Waals surface area contributed by atoms with Crippen LogP contribution in [0.4, 0.5) is 0 Å². The summed E-state index contributed by atoms with van der Waals surface area (Å²) in [5.41, 5.74) is -0.548. The predicted molar refractivity (Wildman–Crippen MR) is 103 cm³/mol. The maximum Gasteiger partial charge on any atom is 0.338 e. The normalized spacial score (nSPS) is 34.4. The number of rotatable bonds is 6. The van der Waals surface area contributed by atoms with Gasteiger partial charge in [-0.25, -0.2) is 4.79 Å². The molecule has 3 rings (SSSR count). The van der Waals surface area contributed by atoms with Crippen LogP contribution in [0.1, 0.15) is 63.7 Å². The molecule has 2 unspecified atom stereocenters. The summed E-state index contributed by atoms with van der Waals surface area (Å²) in [6, 6.07) is 5.81. The van der Waals surface area contributed by atoms with Gasteiger partial charge >= 0.3 is 5.97 Å². The molecule has 1 saturated heterocycles. The molecule has 2 aliphatic rings. The van der Waals surface area contributed by atoms with Gasteiger partial charge in [-0.1, -0.05) is 20.8 Å². The first kappa shape index (κ1) is 20.8. The lowest BCUT2D eigenvalue weighted by atomic mass is 9.68. The Morgan fingerprint density at radius 2 is 1.89 bits per heavy atom. The van der Waals surface area contributed by atoms with Crippen molar-refractivity contribution >= 4 is 11.8 Å². The molecule has 1 aliphatic heterocycles. The Kier molecular flexibility index (Phi) is 5.56. The average molecular weight is 390 g/mol. The maximum absolute atomic E-state index is 12.7. The van der Waals surface area contributed by atoms with Gasteiger partial charge in [0.25, 0.3) is 0 Å². The number of esters is 1. The van der Waals surface area contributed by atoms with Crippen LogP contribution in [0, 0.1) is 17.3 Å². The molecule has 6 heteroatoms. The third-order valence-electron chi connectivity index (χ3n) is 6.69.